The molecule has 94 heavy (non-hydrogen) atoms. The van der Waals surface area contributed by atoms with E-state index in [9.17, 15) is 0 Å². The van der Waals surface area contributed by atoms with Crippen molar-refractivity contribution in [2.75, 3.05) is 9.80 Å². The van der Waals surface area contributed by atoms with E-state index in [4.69, 9.17) is 18.9 Å². The second-order valence-corrected chi connectivity index (χ2v) is 35.6. The molecule has 0 unspecified atom stereocenters. The van der Waals surface area contributed by atoms with Crippen molar-refractivity contribution in [3.8, 4) is 46.0 Å². The quantitative estimate of drug-likeness (QED) is 0.155. The van der Waals surface area contributed by atoms with E-state index in [1.165, 1.54) is 72.0 Å². The van der Waals surface area contributed by atoms with Crippen molar-refractivity contribution in [1.29, 1.82) is 0 Å². The van der Waals surface area contributed by atoms with E-state index < -0.39 is 0 Å². The fourth-order valence-corrected chi connectivity index (χ4v) is 14.5. The zero-order chi connectivity index (χ0) is 67.7. The fourth-order valence-electron chi connectivity index (χ4n) is 14.5. The molecule has 9 aromatic rings. The van der Waals surface area contributed by atoms with Gasteiger partial charge >= 0.3 is 0 Å². The van der Waals surface area contributed by atoms with E-state index in [2.05, 4.69) is 334 Å². The molecule has 0 radical (unpaired) electrons. The number of fused-ring (bicyclic) bond motifs is 8. The SMILES string of the molecule is CC(C)(C)c1ccc(Oc2cc3c4c(c2)Oc2cc(C(C)(C)C)cc(C(C)(C)C)c2B4c2cc4c(cc2O3)N(c2ccccc2)c2cc(Oc3ccc(C(C)(C)C)cc3)cc3c2B4c2c(cc(C(C)(C)C)cc2C(C)(C)C)N3c2cc(C(C)(C)C)cc(C(C)(C)C)c2)cc1. The maximum absolute atomic E-state index is 7.60. The molecule has 0 spiro atoms. The monoisotopic (exact) mass is 1240 g/mol. The molecule has 8 heteroatoms. The van der Waals surface area contributed by atoms with Crippen molar-refractivity contribution < 1.29 is 18.9 Å². The molecule has 0 saturated carbocycles. The van der Waals surface area contributed by atoms with Gasteiger partial charge in [0.25, 0.3) is 13.4 Å². The van der Waals surface area contributed by atoms with E-state index in [-0.39, 0.29) is 56.7 Å². The molecule has 482 valence electrons. The highest BCUT2D eigenvalue weighted by Crippen LogP contribution is 2.52. The van der Waals surface area contributed by atoms with Gasteiger partial charge in [0, 0.05) is 69.9 Å². The van der Waals surface area contributed by atoms with Crippen molar-refractivity contribution in [1.82, 2.24) is 0 Å². The number of hydrogen-bond acceptors (Lipinski definition) is 6. The maximum Gasteiger partial charge on any atom is 0.261 e. The number of nitrogens with zero attached hydrogens (tertiary/aromatic N) is 2. The van der Waals surface area contributed by atoms with Crippen LogP contribution in [-0.2, 0) is 43.3 Å². The Hall–Kier alpha value is -8.09. The van der Waals surface area contributed by atoms with Crippen LogP contribution >= 0.6 is 0 Å². The molecule has 4 aliphatic rings. The second kappa shape index (κ2) is 21.7. The van der Waals surface area contributed by atoms with Gasteiger partial charge in [0.15, 0.2) is 0 Å². The summed E-state index contributed by atoms with van der Waals surface area (Å²) in [6.07, 6.45) is 0. The maximum atomic E-state index is 7.60. The minimum absolute atomic E-state index is 0.00104. The summed E-state index contributed by atoms with van der Waals surface area (Å²) in [6.45, 7) is 55.3. The molecule has 4 heterocycles. The summed E-state index contributed by atoms with van der Waals surface area (Å²) in [7, 11) is 0. The predicted molar refractivity (Wildman–Crippen MR) is 401 cm³/mol. The number of rotatable bonds is 6. The van der Waals surface area contributed by atoms with E-state index >= 15 is 0 Å². The van der Waals surface area contributed by atoms with Crippen LogP contribution in [0.3, 0.4) is 0 Å². The zero-order valence-electron chi connectivity index (χ0n) is 60.7. The third kappa shape index (κ3) is 11.5. The zero-order valence-corrected chi connectivity index (χ0v) is 60.7. The first kappa shape index (κ1) is 64.6. The number of ether oxygens (including phenoxy) is 4. The van der Waals surface area contributed by atoms with Crippen LogP contribution in [0, 0.1) is 0 Å². The standard InChI is InChI=1S/C86H98B2N2O4/c1-79(2,3)51-30-34-59(35-31-51)91-61-45-69-77-70(46-61)90(58-39-53(81(7,8)9)38-54(40-58)82(10,11)12)68-43-55(83(13,14)15)41-63(85(19,20)21)75(68)87(77)65-49-66-71(50-67(65)89(69)57-28-26-25-27-29-57)93-73-47-62(92-60-36-32-52(33-37-60)80(4,5)6)48-74-78(73)88(66)76-64(86(22,23)24)42-56(84(16,17)18)44-72(76)94-74/h25-50H,1-24H3. The predicted octanol–water partition coefficient (Wildman–Crippen LogP) is 20.5. The fraction of sp³-hybridized carbons (Fsp3) is 0.372. The molecule has 9 aromatic carbocycles. The lowest BCUT2D eigenvalue weighted by Crippen LogP contribution is -2.65. The van der Waals surface area contributed by atoms with Gasteiger partial charge in [-0.15, -0.1) is 0 Å². The van der Waals surface area contributed by atoms with Gasteiger partial charge in [0.05, 0.1) is 0 Å². The number of benzene rings is 9. The van der Waals surface area contributed by atoms with Gasteiger partial charge < -0.3 is 28.7 Å². The molecule has 0 fully saturated rings. The normalized spacial score (nSPS) is 14.5. The smallest absolute Gasteiger partial charge is 0.261 e. The average molecular weight is 1250 g/mol. The Kier molecular flexibility index (Phi) is 14.9. The highest BCUT2D eigenvalue weighted by molar-refractivity contribution is 7.02. The largest absolute Gasteiger partial charge is 0.458 e. The lowest BCUT2D eigenvalue weighted by molar-refractivity contribution is 0.440. The molecule has 0 aromatic heterocycles. The molecule has 13 rings (SSSR count). The van der Waals surface area contributed by atoms with Gasteiger partial charge in [-0.1, -0.05) is 233 Å². The Labute approximate surface area is 563 Å². The lowest BCUT2D eigenvalue weighted by Gasteiger charge is -2.47. The van der Waals surface area contributed by atoms with Crippen LogP contribution in [0.15, 0.2) is 158 Å². The number of para-hydroxylation sites is 1. The molecule has 0 atom stereocenters. The van der Waals surface area contributed by atoms with E-state index in [1.54, 1.807) is 0 Å². The summed E-state index contributed by atoms with van der Waals surface area (Å²) in [6, 6.07) is 59.1. The van der Waals surface area contributed by atoms with Gasteiger partial charge in [0.2, 0.25) is 0 Å². The van der Waals surface area contributed by atoms with E-state index in [0.717, 1.165) is 79.6 Å². The Morgan fingerprint density at radius 3 is 1.13 bits per heavy atom. The first-order valence-corrected chi connectivity index (χ1v) is 34.3. The molecule has 0 bridgehead atoms. The first-order chi connectivity index (χ1) is 43.6. The molecule has 0 aliphatic carbocycles. The summed E-state index contributed by atoms with van der Waals surface area (Å²) in [4.78, 5) is 5.12. The van der Waals surface area contributed by atoms with Gasteiger partial charge in [-0.25, -0.2) is 0 Å². The van der Waals surface area contributed by atoms with Gasteiger partial charge in [-0.3, -0.25) is 0 Å². The van der Waals surface area contributed by atoms with Gasteiger partial charge in [-0.05, 0) is 176 Å². The molecular formula is C86H98B2N2O4. The summed E-state index contributed by atoms with van der Waals surface area (Å²) in [5.74, 6) is 6.04. The van der Waals surface area contributed by atoms with Crippen LogP contribution in [-0.4, -0.2) is 13.4 Å². The minimum atomic E-state index is -0.289. The van der Waals surface area contributed by atoms with Crippen LogP contribution < -0.4 is 61.5 Å². The number of anilines is 6. The van der Waals surface area contributed by atoms with Gasteiger partial charge in [0.1, 0.15) is 46.0 Å². The minimum Gasteiger partial charge on any atom is -0.458 e. The number of hydrogen-bond donors (Lipinski definition) is 0. The van der Waals surface area contributed by atoms with Crippen molar-refractivity contribution in [2.24, 2.45) is 0 Å². The van der Waals surface area contributed by atoms with Crippen molar-refractivity contribution in [3.05, 3.63) is 202 Å². The molecule has 6 nitrogen and oxygen atoms in total. The molecule has 4 aliphatic heterocycles. The Balaban J connectivity index is 1.15. The molecule has 0 saturated heterocycles. The third-order valence-electron chi connectivity index (χ3n) is 20.0. The van der Waals surface area contributed by atoms with Crippen molar-refractivity contribution in [3.63, 3.8) is 0 Å². The Morgan fingerprint density at radius 2 is 0.660 bits per heavy atom. The van der Waals surface area contributed by atoms with Crippen LogP contribution in [0.1, 0.15) is 211 Å². The van der Waals surface area contributed by atoms with Crippen molar-refractivity contribution >= 4 is 80.3 Å². The highest BCUT2D eigenvalue weighted by atomic mass is 16.5. The van der Waals surface area contributed by atoms with E-state index in [0.29, 0.717) is 5.75 Å². The van der Waals surface area contributed by atoms with Gasteiger partial charge in [-0.2, -0.15) is 0 Å². The summed E-state index contributed by atoms with van der Waals surface area (Å²) in [5, 5.41) is 0. The van der Waals surface area contributed by atoms with Crippen molar-refractivity contribution in [2.45, 2.75) is 209 Å². The Bertz CT molecular complexity index is 4470. The van der Waals surface area contributed by atoms with E-state index in [1.807, 2.05) is 0 Å². The molecule has 0 amide bonds. The first-order valence-electron chi connectivity index (χ1n) is 34.3. The Morgan fingerprint density at radius 1 is 0.266 bits per heavy atom. The summed E-state index contributed by atoms with van der Waals surface area (Å²) >= 11 is 0. The third-order valence-corrected chi connectivity index (χ3v) is 20.0. The average Bonchev–Trinajstić information content (AvgIpc) is 0.686. The topological polar surface area (TPSA) is 43.4 Å². The van der Waals surface area contributed by atoms with Crippen LogP contribution in [0.25, 0.3) is 0 Å². The molecular weight excluding hydrogens is 1150 g/mol. The van der Waals surface area contributed by atoms with Crippen LogP contribution in [0.5, 0.6) is 46.0 Å². The van der Waals surface area contributed by atoms with Crippen LogP contribution in [0.2, 0.25) is 0 Å². The summed E-state index contributed by atoms with van der Waals surface area (Å²) < 4.78 is 29.2. The highest BCUT2D eigenvalue weighted by Gasteiger charge is 2.50. The summed E-state index contributed by atoms with van der Waals surface area (Å²) in [5.41, 5.74) is 22.5. The van der Waals surface area contributed by atoms with Crippen LogP contribution in [0.4, 0.5) is 34.1 Å². The molecule has 0 N–H and O–H groups in total. The lowest BCUT2D eigenvalue weighted by atomic mass is 9.29. The second-order valence-electron chi connectivity index (χ2n) is 35.6.